The molecule has 0 fully saturated rings. The van der Waals surface area contributed by atoms with Crippen molar-refractivity contribution in [1.82, 2.24) is 4.90 Å². The van der Waals surface area contributed by atoms with E-state index < -0.39 is 12.0 Å². The molecule has 4 nitrogen and oxygen atoms in total. The molecular formula is C16H20BrNO3. The zero-order chi connectivity index (χ0) is 15.6. The van der Waals surface area contributed by atoms with E-state index in [1.807, 2.05) is 18.2 Å². The highest BCUT2D eigenvalue weighted by Gasteiger charge is 2.34. The van der Waals surface area contributed by atoms with Crippen molar-refractivity contribution in [3.05, 3.63) is 33.8 Å². The number of fused-ring (bicyclic) bond motifs is 1. The molecule has 1 amide bonds. The third-order valence-electron chi connectivity index (χ3n) is 3.87. The van der Waals surface area contributed by atoms with Crippen molar-refractivity contribution in [3.63, 3.8) is 0 Å². The number of halogens is 1. The molecule has 0 radical (unpaired) electrons. The summed E-state index contributed by atoms with van der Waals surface area (Å²) >= 11 is 3.47. The zero-order valence-electron chi connectivity index (χ0n) is 12.3. The van der Waals surface area contributed by atoms with Crippen molar-refractivity contribution < 1.29 is 14.7 Å². The van der Waals surface area contributed by atoms with E-state index in [0.29, 0.717) is 25.3 Å². The Bertz CT molecular complexity index is 556. The van der Waals surface area contributed by atoms with Gasteiger partial charge in [-0.15, -0.1) is 0 Å². The van der Waals surface area contributed by atoms with Gasteiger partial charge in [-0.3, -0.25) is 4.79 Å². The summed E-state index contributed by atoms with van der Waals surface area (Å²) in [6, 6.07) is 5.02. The molecule has 5 heteroatoms. The highest BCUT2D eigenvalue weighted by atomic mass is 79.9. The molecule has 114 valence electrons. The van der Waals surface area contributed by atoms with Crippen LogP contribution in [0.4, 0.5) is 0 Å². The molecule has 0 spiro atoms. The van der Waals surface area contributed by atoms with E-state index in [2.05, 4.69) is 29.8 Å². The molecule has 1 aromatic carbocycles. The van der Waals surface area contributed by atoms with Gasteiger partial charge in [0, 0.05) is 23.9 Å². The number of carboxylic acids is 1. The number of hydrogen-bond acceptors (Lipinski definition) is 2. The lowest BCUT2D eigenvalue weighted by molar-refractivity contribution is -0.151. The third kappa shape index (κ3) is 3.64. The molecule has 0 aromatic heterocycles. The van der Waals surface area contributed by atoms with Gasteiger partial charge in [0.15, 0.2) is 0 Å². The molecule has 1 heterocycles. The maximum Gasteiger partial charge on any atom is 0.326 e. The average Bonchev–Trinajstić information content (AvgIpc) is 2.43. The first-order chi connectivity index (χ1) is 9.90. The van der Waals surface area contributed by atoms with Crippen LogP contribution in [0.15, 0.2) is 22.7 Å². The Kier molecular flexibility index (Phi) is 5.04. The van der Waals surface area contributed by atoms with Crippen molar-refractivity contribution in [1.29, 1.82) is 0 Å². The molecule has 1 aliphatic rings. The molecule has 1 atom stereocenters. The molecule has 1 unspecified atom stereocenters. The second-order valence-electron chi connectivity index (χ2n) is 5.89. The number of carboxylic acid groups (broad SMARTS) is 1. The van der Waals surface area contributed by atoms with Gasteiger partial charge in [-0.2, -0.15) is 0 Å². The minimum absolute atomic E-state index is 0.0678. The van der Waals surface area contributed by atoms with Gasteiger partial charge in [0.1, 0.15) is 6.04 Å². The SMILES string of the molecule is CC(C)CCC(=O)N1Cc2cccc(Br)c2CC1C(=O)O. The quantitative estimate of drug-likeness (QED) is 0.903. The molecule has 0 bridgehead atoms. The summed E-state index contributed by atoms with van der Waals surface area (Å²) in [4.78, 5) is 25.4. The predicted octanol–water partition coefficient (Wildman–Crippen LogP) is 3.22. The van der Waals surface area contributed by atoms with Gasteiger partial charge in [-0.1, -0.05) is 41.9 Å². The number of carbonyl (C=O) groups excluding carboxylic acids is 1. The van der Waals surface area contributed by atoms with Crippen molar-refractivity contribution in [2.45, 2.75) is 45.7 Å². The van der Waals surface area contributed by atoms with E-state index >= 15 is 0 Å². The summed E-state index contributed by atoms with van der Waals surface area (Å²) in [6.45, 7) is 4.50. The normalized spacial score (nSPS) is 17.7. The van der Waals surface area contributed by atoms with Gasteiger partial charge in [-0.05, 0) is 29.5 Å². The highest BCUT2D eigenvalue weighted by molar-refractivity contribution is 9.10. The molecule has 1 N–H and O–H groups in total. The van der Waals surface area contributed by atoms with Crippen molar-refractivity contribution >= 4 is 27.8 Å². The second-order valence-corrected chi connectivity index (χ2v) is 6.74. The number of aliphatic carboxylic acids is 1. The monoisotopic (exact) mass is 353 g/mol. The van der Waals surface area contributed by atoms with E-state index in [-0.39, 0.29) is 5.91 Å². The Hall–Kier alpha value is -1.36. The lowest BCUT2D eigenvalue weighted by Gasteiger charge is -2.35. The molecule has 1 aromatic rings. The van der Waals surface area contributed by atoms with Crippen LogP contribution in [0.2, 0.25) is 0 Å². The number of benzene rings is 1. The fraction of sp³-hybridized carbons (Fsp3) is 0.500. The molecular weight excluding hydrogens is 334 g/mol. The number of nitrogens with zero attached hydrogens (tertiary/aromatic N) is 1. The topological polar surface area (TPSA) is 57.6 Å². The smallest absolute Gasteiger partial charge is 0.326 e. The first-order valence-electron chi connectivity index (χ1n) is 7.18. The predicted molar refractivity (Wildman–Crippen MR) is 83.9 cm³/mol. The minimum Gasteiger partial charge on any atom is -0.480 e. The first kappa shape index (κ1) is 16.0. The van der Waals surface area contributed by atoms with Gasteiger partial charge >= 0.3 is 5.97 Å². The van der Waals surface area contributed by atoms with E-state index in [9.17, 15) is 14.7 Å². The van der Waals surface area contributed by atoms with Gasteiger partial charge in [0.25, 0.3) is 0 Å². The second kappa shape index (κ2) is 6.60. The lowest BCUT2D eigenvalue weighted by Crippen LogP contribution is -2.48. The van der Waals surface area contributed by atoms with Crippen LogP contribution in [0.25, 0.3) is 0 Å². The van der Waals surface area contributed by atoms with Crippen molar-refractivity contribution in [3.8, 4) is 0 Å². The van der Waals surface area contributed by atoms with Crippen LogP contribution in [0.5, 0.6) is 0 Å². The Morgan fingerprint density at radius 1 is 1.43 bits per heavy atom. The Labute approximate surface area is 133 Å². The van der Waals surface area contributed by atoms with Gasteiger partial charge < -0.3 is 10.0 Å². The fourth-order valence-corrected chi connectivity index (χ4v) is 3.18. The third-order valence-corrected chi connectivity index (χ3v) is 4.61. The Morgan fingerprint density at radius 3 is 2.76 bits per heavy atom. The molecule has 2 rings (SSSR count). The fourth-order valence-electron chi connectivity index (χ4n) is 2.62. The van der Waals surface area contributed by atoms with Crippen LogP contribution in [0.1, 0.15) is 37.8 Å². The van der Waals surface area contributed by atoms with E-state index in [4.69, 9.17) is 0 Å². The van der Waals surface area contributed by atoms with Gasteiger partial charge in [0.2, 0.25) is 5.91 Å². The number of amides is 1. The molecule has 21 heavy (non-hydrogen) atoms. The summed E-state index contributed by atoms with van der Waals surface area (Å²) in [5.74, 6) is -0.570. The molecule has 0 aliphatic carbocycles. The van der Waals surface area contributed by atoms with Crippen molar-refractivity contribution in [2.75, 3.05) is 0 Å². The maximum absolute atomic E-state index is 12.4. The van der Waals surface area contributed by atoms with E-state index in [0.717, 1.165) is 22.0 Å². The summed E-state index contributed by atoms with van der Waals surface area (Å²) in [6.07, 6.45) is 1.55. The highest BCUT2D eigenvalue weighted by Crippen LogP contribution is 2.30. The lowest BCUT2D eigenvalue weighted by atomic mass is 9.93. The summed E-state index contributed by atoms with van der Waals surface area (Å²) in [5.41, 5.74) is 2.03. The van der Waals surface area contributed by atoms with Crippen LogP contribution in [-0.2, 0) is 22.6 Å². The first-order valence-corrected chi connectivity index (χ1v) is 7.98. The number of carbonyl (C=O) groups is 2. The zero-order valence-corrected chi connectivity index (χ0v) is 13.9. The van der Waals surface area contributed by atoms with Crippen LogP contribution in [0, 0.1) is 5.92 Å². The standard InChI is InChI=1S/C16H20BrNO3/c1-10(2)6-7-15(19)18-9-11-4-3-5-13(17)12(11)8-14(18)16(20)21/h3-5,10,14H,6-9H2,1-2H3,(H,20,21). The summed E-state index contributed by atoms with van der Waals surface area (Å²) in [7, 11) is 0. The summed E-state index contributed by atoms with van der Waals surface area (Å²) < 4.78 is 0.917. The van der Waals surface area contributed by atoms with Crippen molar-refractivity contribution in [2.24, 2.45) is 5.92 Å². The van der Waals surface area contributed by atoms with Crippen LogP contribution in [0.3, 0.4) is 0 Å². The Morgan fingerprint density at radius 2 is 2.14 bits per heavy atom. The minimum atomic E-state index is -0.936. The van der Waals surface area contributed by atoms with Crippen LogP contribution >= 0.6 is 15.9 Å². The number of rotatable bonds is 4. The number of hydrogen-bond donors (Lipinski definition) is 1. The van der Waals surface area contributed by atoms with E-state index in [1.54, 1.807) is 0 Å². The maximum atomic E-state index is 12.4. The van der Waals surface area contributed by atoms with E-state index in [1.165, 1.54) is 4.90 Å². The van der Waals surface area contributed by atoms with Crippen LogP contribution < -0.4 is 0 Å². The molecule has 0 saturated carbocycles. The average molecular weight is 354 g/mol. The molecule has 0 saturated heterocycles. The van der Waals surface area contributed by atoms with Crippen LogP contribution in [-0.4, -0.2) is 27.9 Å². The van der Waals surface area contributed by atoms with Gasteiger partial charge in [-0.25, -0.2) is 4.79 Å². The Balaban J connectivity index is 2.24. The molecule has 1 aliphatic heterocycles. The summed E-state index contributed by atoms with van der Waals surface area (Å²) in [5, 5.41) is 9.44. The largest absolute Gasteiger partial charge is 0.480 e. The van der Waals surface area contributed by atoms with Gasteiger partial charge in [0.05, 0.1) is 0 Å².